The average molecular weight is 429 g/mol. The largest absolute Gasteiger partial charge is 0.482 e. The van der Waals surface area contributed by atoms with E-state index in [2.05, 4.69) is 10.0 Å². The summed E-state index contributed by atoms with van der Waals surface area (Å²) in [6.45, 7) is 0.218. The Morgan fingerprint density at radius 1 is 1.11 bits per heavy atom. The number of sulfonamides is 1. The van der Waals surface area contributed by atoms with Crippen molar-refractivity contribution in [2.75, 3.05) is 18.5 Å². The topological polar surface area (TPSA) is 84.5 Å². The smallest absolute Gasteiger partial charge is 0.262 e. The lowest BCUT2D eigenvalue weighted by Crippen LogP contribution is -2.25. The number of anilines is 1. The minimum absolute atomic E-state index is 0.158. The Morgan fingerprint density at radius 3 is 2.44 bits per heavy atom. The molecule has 1 aliphatic rings. The summed E-state index contributed by atoms with van der Waals surface area (Å²) in [5, 5.41) is 3.41. The van der Waals surface area contributed by atoms with Gasteiger partial charge in [0.1, 0.15) is 5.75 Å². The molecule has 0 spiro atoms. The zero-order valence-electron chi connectivity index (χ0n) is 14.2. The fourth-order valence-electron chi connectivity index (χ4n) is 2.28. The number of hydrogen-bond acceptors (Lipinski definition) is 4. The molecule has 1 amide bonds. The van der Waals surface area contributed by atoms with Crippen molar-refractivity contribution in [2.45, 2.75) is 17.7 Å². The van der Waals surface area contributed by atoms with Gasteiger partial charge in [0.2, 0.25) is 10.0 Å². The maximum Gasteiger partial charge on any atom is 0.262 e. The van der Waals surface area contributed by atoms with Crippen LogP contribution < -0.4 is 14.8 Å². The van der Waals surface area contributed by atoms with Crippen molar-refractivity contribution >= 4 is 44.8 Å². The van der Waals surface area contributed by atoms with Crippen molar-refractivity contribution in [3.63, 3.8) is 0 Å². The van der Waals surface area contributed by atoms with E-state index in [1.807, 2.05) is 0 Å². The molecule has 0 aliphatic heterocycles. The van der Waals surface area contributed by atoms with Gasteiger partial charge in [-0.15, -0.1) is 0 Å². The first kappa shape index (κ1) is 19.9. The lowest BCUT2D eigenvalue weighted by atomic mass is 10.3. The Labute approximate surface area is 167 Å². The van der Waals surface area contributed by atoms with Gasteiger partial charge in [0.05, 0.1) is 9.92 Å². The fraction of sp³-hybridized carbons (Fsp3) is 0.278. The van der Waals surface area contributed by atoms with E-state index in [9.17, 15) is 13.2 Å². The molecule has 6 nitrogen and oxygen atoms in total. The number of hydrogen-bond donors (Lipinski definition) is 2. The van der Waals surface area contributed by atoms with E-state index >= 15 is 0 Å². The van der Waals surface area contributed by atoms with Gasteiger partial charge in [-0.25, -0.2) is 13.1 Å². The van der Waals surface area contributed by atoms with Crippen LogP contribution in [0.25, 0.3) is 0 Å². The molecule has 0 bridgehead atoms. The Morgan fingerprint density at radius 2 is 1.81 bits per heavy atom. The van der Waals surface area contributed by atoms with Gasteiger partial charge in [0.15, 0.2) is 6.61 Å². The van der Waals surface area contributed by atoms with E-state index in [1.54, 1.807) is 12.1 Å². The molecule has 144 valence electrons. The quantitative estimate of drug-likeness (QED) is 0.670. The number of carbonyl (C=O) groups is 1. The zero-order valence-corrected chi connectivity index (χ0v) is 16.6. The summed E-state index contributed by atoms with van der Waals surface area (Å²) < 4.78 is 32.3. The van der Waals surface area contributed by atoms with Crippen LogP contribution in [-0.4, -0.2) is 27.5 Å². The third-order valence-electron chi connectivity index (χ3n) is 3.96. The van der Waals surface area contributed by atoms with Crippen molar-refractivity contribution in [3.8, 4) is 5.75 Å². The standard InChI is InChI=1S/C18H18Cl2N2O4S/c19-13-3-8-17(16(20)9-13)26-11-18(23)22-14-4-6-15(7-5-14)27(24,25)21-10-12-1-2-12/h3-9,12,21H,1-2,10-11H2,(H,22,23). The van der Waals surface area contributed by atoms with Gasteiger partial charge in [-0.3, -0.25) is 4.79 Å². The number of amides is 1. The van der Waals surface area contributed by atoms with Gasteiger partial charge in [0.25, 0.3) is 5.91 Å². The summed E-state index contributed by atoms with van der Waals surface area (Å²) in [5.74, 6) is 0.398. The second-order valence-electron chi connectivity index (χ2n) is 6.23. The predicted octanol–water partition coefficient (Wildman–Crippen LogP) is 3.70. The van der Waals surface area contributed by atoms with Gasteiger partial charge in [-0.2, -0.15) is 0 Å². The molecule has 1 aliphatic carbocycles. The Bertz CT molecular complexity index is 929. The van der Waals surface area contributed by atoms with Crippen LogP contribution in [0.5, 0.6) is 5.75 Å². The van der Waals surface area contributed by atoms with E-state index in [0.717, 1.165) is 12.8 Å². The van der Waals surface area contributed by atoms with E-state index in [0.29, 0.717) is 33.9 Å². The normalized spacial score (nSPS) is 14.0. The van der Waals surface area contributed by atoms with E-state index in [1.165, 1.54) is 30.3 Å². The lowest BCUT2D eigenvalue weighted by molar-refractivity contribution is -0.118. The van der Waals surface area contributed by atoms with Crippen LogP contribution in [-0.2, 0) is 14.8 Å². The van der Waals surface area contributed by atoms with Crippen molar-refractivity contribution < 1.29 is 17.9 Å². The van der Waals surface area contributed by atoms with Crippen molar-refractivity contribution in [1.29, 1.82) is 0 Å². The van der Waals surface area contributed by atoms with E-state index < -0.39 is 15.9 Å². The summed E-state index contributed by atoms with van der Waals surface area (Å²) in [6.07, 6.45) is 2.13. The summed E-state index contributed by atoms with van der Waals surface area (Å²) in [6, 6.07) is 10.7. The van der Waals surface area contributed by atoms with Crippen LogP contribution >= 0.6 is 23.2 Å². The maximum absolute atomic E-state index is 12.2. The minimum atomic E-state index is -3.53. The number of nitrogens with one attached hydrogen (secondary N) is 2. The molecule has 1 fully saturated rings. The second-order valence-corrected chi connectivity index (χ2v) is 8.84. The molecule has 0 saturated heterocycles. The number of halogens is 2. The minimum Gasteiger partial charge on any atom is -0.482 e. The van der Waals surface area contributed by atoms with Crippen molar-refractivity contribution in [2.24, 2.45) is 5.92 Å². The van der Waals surface area contributed by atoms with Gasteiger partial charge in [-0.1, -0.05) is 23.2 Å². The first-order valence-electron chi connectivity index (χ1n) is 8.31. The number of carbonyl (C=O) groups excluding carboxylic acids is 1. The zero-order chi connectivity index (χ0) is 19.4. The van der Waals surface area contributed by atoms with Crippen LogP contribution in [0.3, 0.4) is 0 Å². The summed E-state index contributed by atoms with van der Waals surface area (Å²) in [5.41, 5.74) is 0.465. The van der Waals surface area contributed by atoms with Gasteiger partial charge in [0, 0.05) is 17.3 Å². The average Bonchev–Trinajstić information content (AvgIpc) is 3.44. The summed E-state index contributed by atoms with van der Waals surface area (Å²) in [7, 11) is -3.53. The maximum atomic E-state index is 12.2. The molecule has 2 N–H and O–H groups in total. The predicted molar refractivity (Wildman–Crippen MR) is 105 cm³/mol. The molecule has 0 aromatic heterocycles. The van der Waals surface area contributed by atoms with Gasteiger partial charge in [-0.05, 0) is 61.2 Å². The summed E-state index contributed by atoms with van der Waals surface area (Å²) in [4.78, 5) is 12.2. The van der Waals surface area contributed by atoms with Gasteiger partial charge >= 0.3 is 0 Å². The third-order valence-corrected chi connectivity index (χ3v) is 5.93. The van der Waals surface area contributed by atoms with E-state index in [4.69, 9.17) is 27.9 Å². The molecule has 2 aromatic carbocycles. The van der Waals surface area contributed by atoms with Crippen LogP contribution in [0, 0.1) is 5.92 Å². The first-order chi connectivity index (χ1) is 12.8. The molecule has 0 heterocycles. The molecule has 0 radical (unpaired) electrons. The highest BCUT2D eigenvalue weighted by Crippen LogP contribution is 2.28. The van der Waals surface area contributed by atoms with Crippen molar-refractivity contribution in [3.05, 3.63) is 52.5 Å². The Hall–Kier alpha value is -1.80. The van der Waals surface area contributed by atoms with Crippen molar-refractivity contribution in [1.82, 2.24) is 4.72 Å². The highest BCUT2D eigenvalue weighted by atomic mass is 35.5. The molecule has 0 unspecified atom stereocenters. The third kappa shape index (κ3) is 5.84. The highest BCUT2D eigenvalue weighted by Gasteiger charge is 2.24. The molecule has 9 heteroatoms. The van der Waals surface area contributed by atoms with Crippen LogP contribution in [0.4, 0.5) is 5.69 Å². The molecule has 27 heavy (non-hydrogen) atoms. The fourth-order valence-corrected chi connectivity index (χ4v) is 3.86. The number of ether oxygens (including phenoxy) is 1. The summed E-state index contributed by atoms with van der Waals surface area (Å²) >= 11 is 11.8. The lowest BCUT2D eigenvalue weighted by Gasteiger charge is -2.10. The molecular weight excluding hydrogens is 411 g/mol. The van der Waals surface area contributed by atoms with Gasteiger partial charge < -0.3 is 10.1 Å². The number of rotatable bonds is 8. The monoisotopic (exact) mass is 428 g/mol. The van der Waals surface area contributed by atoms with E-state index in [-0.39, 0.29) is 11.5 Å². The van der Waals surface area contributed by atoms with Crippen LogP contribution in [0.15, 0.2) is 47.4 Å². The Balaban J connectivity index is 1.53. The SMILES string of the molecule is O=C(COc1ccc(Cl)cc1Cl)Nc1ccc(S(=O)(=O)NCC2CC2)cc1. The highest BCUT2D eigenvalue weighted by molar-refractivity contribution is 7.89. The molecule has 1 saturated carbocycles. The molecular formula is C18H18Cl2N2O4S. The van der Waals surface area contributed by atoms with Crippen LogP contribution in [0.1, 0.15) is 12.8 Å². The van der Waals surface area contributed by atoms with Crippen LogP contribution in [0.2, 0.25) is 10.0 Å². The molecule has 0 atom stereocenters. The second kappa shape index (κ2) is 8.48. The molecule has 3 rings (SSSR count). The first-order valence-corrected chi connectivity index (χ1v) is 10.5. The molecule has 2 aromatic rings. The number of benzene rings is 2. The Kier molecular flexibility index (Phi) is 6.26.